The number of hydrogen-bond donors (Lipinski definition) is 0. The molecule has 0 aromatic heterocycles. The summed E-state index contributed by atoms with van der Waals surface area (Å²) in [4.78, 5) is 10.8. The molecular weight excluding hydrogens is 464 g/mol. The topological polar surface area (TPSA) is 26.3 Å². The third-order valence-electron chi connectivity index (χ3n) is 11.6. The molecule has 0 saturated heterocycles. The molecule has 4 bridgehead atoms. The molecule has 200 valence electrons. The van der Waals surface area contributed by atoms with Gasteiger partial charge < -0.3 is 4.74 Å². The van der Waals surface area contributed by atoms with Crippen molar-refractivity contribution in [3.63, 3.8) is 0 Å². The Kier molecular flexibility index (Phi) is 6.87. The molecule has 4 aliphatic rings. The van der Waals surface area contributed by atoms with Crippen molar-refractivity contribution in [2.75, 3.05) is 0 Å². The Morgan fingerprint density at radius 3 is 1.97 bits per heavy atom. The number of esters is 1. The van der Waals surface area contributed by atoms with Crippen LogP contribution in [0, 0.1) is 47.3 Å². The van der Waals surface area contributed by atoms with E-state index in [1.807, 2.05) is 0 Å². The van der Waals surface area contributed by atoms with Crippen molar-refractivity contribution in [3.05, 3.63) is 83.9 Å². The average molecular weight is 509 g/mol. The number of carbonyl (C=O) groups excluding carboxylic acids is 1. The number of hydrogen-bond acceptors (Lipinski definition) is 2. The highest BCUT2D eigenvalue weighted by molar-refractivity contribution is 5.86. The fourth-order valence-electron chi connectivity index (χ4n) is 9.32. The van der Waals surface area contributed by atoms with Gasteiger partial charge in [0.1, 0.15) is 6.10 Å². The van der Waals surface area contributed by atoms with Crippen LogP contribution >= 0.6 is 0 Å². The molecule has 2 heteroatoms. The molecule has 4 aliphatic carbocycles. The zero-order chi connectivity index (χ0) is 26.6. The van der Waals surface area contributed by atoms with Crippen LogP contribution in [0.2, 0.25) is 0 Å². The molecule has 0 N–H and O–H groups in total. The molecule has 3 aromatic carbocycles. The first-order valence-electron chi connectivity index (χ1n) is 15.0. The van der Waals surface area contributed by atoms with Crippen molar-refractivity contribution >= 4 is 16.7 Å². The van der Waals surface area contributed by atoms with Crippen LogP contribution in [0.3, 0.4) is 0 Å². The summed E-state index contributed by atoms with van der Waals surface area (Å²) in [6.45, 7) is 11.1. The van der Waals surface area contributed by atoms with E-state index in [-0.39, 0.29) is 12.1 Å². The average Bonchev–Trinajstić information content (AvgIpc) is 3.66. The largest absolute Gasteiger partial charge is 0.462 e. The third-order valence-corrected chi connectivity index (χ3v) is 11.6. The van der Waals surface area contributed by atoms with E-state index < -0.39 is 0 Å². The molecule has 0 spiro atoms. The van der Waals surface area contributed by atoms with E-state index in [9.17, 15) is 4.79 Å². The lowest BCUT2D eigenvalue weighted by Gasteiger charge is -2.39. The van der Waals surface area contributed by atoms with Crippen LogP contribution in [-0.4, -0.2) is 12.1 Å². The molecule has 3 aromatic rings. The van der Waals surface area contributed by atoms with E-state index in [2.05, 4.69) is 100 Å². The first-order chi connectivity index (χ1) is 18.3. The summed E-state index contributed by atoms with van der Waals surface area (Å²) < 4.78 is 5.32. The standard InChI is InChI=1S/C25H26.C11H18O2/c1-16-17(2)23-15-22(16)24(19-10-4-3-5-11-19)25(23)21-14-8-12-18-9-6-7-13-20(18)21;1-6-7(2)10-4-9(6)5-11(10)13-8(3)12/h3-14,16-17,22-25H,15H2,1-2H3;6-7,9-11H,4-5H2,1-3H3. The maximum atomic E-state index is 10.8. The molecule has 38 heavy (non-hydrogen) atoms. The van der Waals surface area contributed by atoms with Crippen molar-refractivity contribution in [1.82, 2.24) is 0 Å². The highest BCUT2D eigenvalue weighted by Crippen LogP contribution is 2.65. The van der Waals surface area contributed by atoms with Crippen LogP contribution in [0.5, 0.6) is 0 Å². The Bertz CT molecular complexity index is 1270. The maximum Gasteiger partial charge on any atom is 0.302 e. The fraction of sp³-hybridized carbons (Fsp3) is 0.528. The predicted octanol–water partition coefficient (Wildman–Crippen LogP) is 8.86. The Morgan fingerprint density at radius 1 is 0.658 bits per heavy atom. The molecule has 11 unspecified atom stereocenters. The van der Waals surface area contributed by atoms with Gasteiger partial charge in [0.25, 0.3) is 0 Å². The first kappa shape index (κ1) is 25.7. The van der Waals surface area contributed by atoms with E-state index in [0.717, 1.165) is 47.8 Å². The Hall–Kier alpha value is -2.61. The molecule has 4 fully saturated rings. The lowest BCUT2D eigenvalue weighted by atomic mass is 9.64. The SMILES string of the molecule is CC(=O)OC1CC2CC1C(C)C2C.CC1C(C)C2CC1C(c1ccccc1)C2c1cccc2ccccc12. The highest BCUT2D eigenvalue weighted by Gasteiger charge is 2.55. The third kappa shape index (κ3) is 4.29. The maximum absolute atomic E-state index is 10.8. The molecule has 2 nitrogen and oxygen atoms in total. The summed E-state index contributed by atoms with van der Waals surface area (Å²) in [7, 11) is 0. The Morgan fingerprint density at radius 2 is 1.29 bits per heavy atom. The summed E-state index contributed by atoms with van der Waals surface area (Å²) in [5, 5.41) is 2.85. The summed E-state index contributed by atoms with van der Waals surface area (Å²) in [5.74, 6) is 7.54. The second kappa shape index (κ2) is 10.2. The molecular formula is C36H44O2. The van der Waals surface area contributed by atoms with Gasteiger partial charge in [-0.15, -0.1) is 0 Å². The van der Waals surface area contributed by atoms with Crippen molar-refractivity contribution < 1.29 is 9.53 Å². The van der Waals surface area contributed by atoms with Crippen molar-refractivity contribution in [2.24, 2.45) is 47.3 Å². The van der Waals surface area contributed by atoms with Gasteiger partial charge in [0.05, 0.1) is 0 Å². The zero-order valence-corrected chi connectivity index (χ0v) is 23.7. The smallest absolute Gasteiger partial charge is 0.302 e. The summed E-state index contributed by atoms with van der Waals surface area (Å²) >= 11 is 0. The van der Waals surface area contributed by atoms with E-state index in [0.29, 0.717) is 17.8 Å². The summed E-state index contributed by atoms with van der Waals surface area (Å²) in [5.41, 5.74) is 3.13. The number of rotatable bonds is 3. The Balaban J connectivity index is 0.000000171. The molecule has 0 radical (unpaired) electrons. The quantitative estimate of drug-likeness (QED) is 0.330. The molecule has 0 aliphatic heterocycles. The van der Waals surface area contributed by atoms with Crippen LogP contribution in [0.4, 0.5) is 0 Å². The van der Waals surface area contributed by atoms with Crippen LogP contribution in [-0.2, 0) is 9.53 Å². The molecule has 0 amide bonds. The van der Waals surface area contributed by atoms with Crippen molar-refractivity contribution in [2.45, 2.75) is 71.8 Å². The molecule has 4 saturated carbocycles. The van der Waals surface area contributed by atoms with Crippen molar-refractivity contribution in [1.29, 1.82) is 0 Å². The van der Waals surface area contributed by atoms with Gasteiger partial charge in [-0.3, -0.25) is 4.79 Å². The molecule has 0 heterocycles. The van der Waals surface area contributed by atoms with Crippen LogP contribution in [0.1, 0.15) is 76.8 Å². The molecule has 11 atom stereocenters. The van der Waals surface area contributed by atoms with Gasteiger partial charge in [0, 0.05) is 6.92 Å². The van der Waals surface area contributed by atoms with E-state index in [4.69, 9.17) is 4.74 Å². The van der Waals surface area contributed by atoms with E-state index in [1.165, 1.54) is 30.5 Å². The number of fused-ring (bicyclic) bond motifs is 5. The lowest BCUT2D eigenvalue weighted by molar-refractivity contribution is -0.150. The van der Waals surface area contributed by atoms with Gasteiger partial charge in [-0.1, -0.05) is 100 Å². The van der Waals surface area contributed by atoms with Crippen LogP contribution in [0.15, 0.2) is 72.8 Å². The number of benzene rings is 3. The van der Waals surface area contributed by atoms with E-state index in [1.54, 1.807) is 11.1 Å². The minimum absolute atomic E-state index is 0.114. The minimum Gasteiger partial charge on any atom is -0.462 e. The lowest BCUT2D eigenvalue weighted by Crippen LogP contribution is -2.31. The summed E-state index contributed by atoms with van der Waals surface area (Å²) in [6, 6.07) is 27.2. The minimum atomic E-state index is -0.114. The zero-order valence-electron chi connectivity index (χ0n) is 23.7. The first-order valence-corrected chi connectivity index (χ1v) is 15.0. The van der Waals surface area contributed by atoms with Crippen molar-refractivity contribution in [3.8, 4) is 0 Å². The monoisotopic (exact) mass is 508 g/mol. The van der Waals surface area contributed by atoms with E-state index >= 15 is 0 Å². The summed E-state index contributed by atoms with van der Waals surface area (Å²) in [6.07, 6.45) is 4.01. The van der Waals surface area contributed by atoms with Crippen LogP contribution in [0.25, 0.3) is 10.8 Å². The van der Waals surface area contributed by atoms with Gasteiger partial charge in [0.15, 0.2) is 0 Å². The molecule has 7 rings (SSSR count). The Labute approximate surface area is 229 Å². The number of ether oxygens (including phenoxy) is 1. The highest BCUT2D eigenvalue weighted by atomic mass is 16.5. The van der Waals surface area contributed by atoms with Gasteiger partial charge in [-0.25, -0.2) is 0 Å². The van der Waals surface area contributed by atoms with Gasteiger partial charge in [-0.2, -0.15) is 0 Å². The van der Waals surface area contributed by atoms with Crippen LogP contribution < -0.4 is 0 Å². The van der Waals surface area contributed by atoms with Gasteiger partial charge >= 0.3 is 5.97 Å². The second-order valence-electron chi connectivity index (χ2n) is 13.1. The number of carbonyl (C=O) groups is 1. The predicted molar refractivity (Wildman–Crippen MR) is 156 cm³/mol. The normalized spacial score (nSPS) is 38.7. The second-order valence-corrected chi connectivity index (χ2v) is 13.1. The van der Waals surface area contributed by atoms with Gasteiger partial charge in [0.2, 0.25) is 0 Å². The fourth-order valence-corrected chi connectivity index (χ4v) is 9.32. The van der Waals surface area contributed by atoms with Gasteiger partial charge in [-0.05, 0) is 100 Å².